The summed E-state index contributed by atoms with van der Waals surface area (Å²) >= 11 is -1.92. The quantitative estimate of drug-likeness (QED) is 0.528. The zero-order valence-corrected chi connectivity index (χ0v) is 14.4. The van der Waals surface area contributed by atoms with E-state index in [1.54, 1.807) is 0 Å². The van der Waals surface area contributed by atoms with Gasteiger partial charge in [-0.1, -0.05) is 0 Å². The zero-order valence-electron chi connectivity index (χ0n) is 11.5. The van der Waals surface area contributed by atoms with Crippen molar-refractivity contribution >= 4 is 22.3 Å². The Hall–Kier alpha value is -0.187. The normalized spacial score (nSPS) is 11.6. The Morgan fingerprint density at radius 3 is 2.33 bits per heavy atom. The summed E-state index contributed by atoms with van der Waals surface area (Å²) in [5.74, 6) is 5.37. The fraction of sp³-hybridized carbons (Fsp3) is 0.571. The first-order valence-electron chi connectivity index (χ1n) is 6.49. The van der Waals surface area contributed by atoms with Crippen molar-refractivity contribution in [3.05, 3.63) is 29.8 Å². The first-order valence-corrected chi connectivity index (χ1v) is 14.9. The average molecular weight is 331 g/mol. The Morgan fingerprint density at radius 1 is 1.11 bits per heavy atom. The van der Waals surface area contributed by atoms with Crippen molar-refractivity contribution in [3.8, 4) is 5.75 Å². The summed E-state index contributed by atoms with van der Waals surface area (Å²) in [6, 6.07) is 8.30. The Morgan fingerprint density at radius 2 is 1.78 bits per heavy atom. The molecule has 0 saturated carbocycles. The molecular formula is C14H23ClGeO2. The van der Waals surface area contributed by atoms with Crippen molar-refractivity contribution in [2.75, 3.05) is 19.8 Å². The van der Waals surface area contributed by atoms with Crippen LogP contribution in [0.15, 0.2) is 24.3 Å². The van der Waals surface area contributed by atoms with Gasteiger partial charge in [0.2, 0.25) is 0 Å². The summed E-state index contributed by atoms with van der Waals surface area (Å²) in [6.45, 7) is 3.98. The van der Waals surface area contributed by atoms with Gasteiger partial charge in [-0.25, -0.2) is 0 Å². The fourth-order valence-electron chi connectivity index (χ4n) is 1.56. The molecule has 0 heterocycles. The van der Waals surface area contributed by atoms with Crippen molar-refractivity contribution in [1.29, 1.82) is 0 Å². The molecule has 1 aromatic carbocycles. The van der Waals surface area contributed by atoms with Crippen LogP contribution in [0.5, 0.6) is 5.75 Å². The predicted molar refractivity (Wildman–Crippen MR) is 80.3 cm³/mol. The van der Waals surface area contributed by atoms with Crippen LogP contribution in [0.3, 0.4) is 0 Å². The van der Waals surface area contributed by atoms with Crippen molar-refractivity contribution in [1.82, 2.24) is 0 Å². The van der Waals surface area contributed by atoms with Crippen LogP contribution in [-0.4, -0.2) is 32.2 Å². The molecule has 2 nitrogen and oxygen atoms in total. The molecular weight excluding hydrogens is 308 g/mol. The molecule has 0 spiro atoms. The van der Waals surface area contributed by atoms with Crippen LogP contribution in [0.2, 0.25) is 16.8 Å². The summed E-state index contributed by atoms with van der Waals surface area (Å²) in [6.07, 6.45) is 1.08. The first kappa shape index (κ1) is 15.9. The second kappa shape index (κ2) is 8.08. The van der Waals surface area contributed by atoms with Crippen LogP contribution in [0, 0.1) is 0 Å². The molecule has 0 unspecified atom stereocenters. The number of ether oxygens (including phenoxy) is 2. The third-order valence-electron chi connectivity index (χ3n) is 2.63. The van der Waals surface area contributed by atoms with E-state index >= 15 is 0 Å². The van der Waals surface area contributed by atoms with Gasteiger partial charge in [0, 0.05) is 0 Å². The van der Waals surface area contributed by atoms with Gasteiger partial charge in [0.05, 0.1) is 0 Å². The van der Waals surface area contributed by atoms with Gasteiger partial charge in [-0.05, 0) is 0 Å². The maximum absolute atomic E-state index is 6.36. The summed E-state index contributed by atoms with van der Waals surface area (Å²) in [7, 11) is 6.36. The Bertz CT molecular complexity index is 333. The van der Waals surface area contributed by atoms with Gasteiger partial charge in [-0.2, -0.15) is 0 Å². The minimum absolute atomic E-state index is 0.608. The molecule has 0 saturated heterocycles. The van der Waals surface area contributed by atoms with Crippen LogP contribution in [-0.2, 0) is 11.2 Å². The monoisotopic (exact) mass is 332 g/mol. The molecule has 0 aliphatic heterocycles. The van der Waals surface area contributed by atoms with Gasteiger partial charge >= 0.3 is 117 Å². The van der Waals surface area contributed by atoms with E-state index in [0.29, 0.717) is 13.2 Å². The molecule has 1 aromatic rings. The van der Waals surface area contributed by atoms with Crippen LogP contribution >= 0.6 is 10.0 Å². The molecule has 0 aliphatic carbocycles. The summed E-state index contributed by atoms with van der Waals surface area (Å²) in [5, 5.41) is 1.16. The Labute approximate surface area is 117 Å². The summed E-state index contributed by atoms with van der Waals surface area (Å²) in [5.41, 5.74) is 1.34. The standard InChI is InChI=1S/C14H23ClGeO2/c1-4-17-11-12-18-14-7-5-13(6-8-14)9-10-16(2,3)15/h5-8H,4,9-12H2,1-3H3. The van der Waals surface area contributed by atoms with Crippen molar-refractivity contribution < 1.29 is 9.47 Å². The van der Waals surface area contributed by atoms with Gasteiger partial charge in [0.1, 0.15) is 0 Å². The number of rotatable bonds is 8. The number of benzene rings is 1. The molecule has 0 aliphatic rings. The fourth-order valence-corrected chi connectivity index (χ4v) is 3.90. The first-order chi connectivity index (χ1) is 8.51. The van der Waals surface area contributed by atoms with Crippen LogP contribution in [0.4, 0.5) is 0 Å². The number of hydrogen-bond acceptors (Lipinski definition) is 2. The summed E-state index contributed by atoms with van der Waals surface area (Å²) in [4.78, 5) is 0. The maximum atomic E-state index is 6.36. The molecule has 0 bridgehead atoms. The summed E-state index contributed by atoms with van der Waals surface area (Å²) < 4.78 is 10.8. The van der Waals surface area contributed by atoms with Crippen molar-refractivity contribution in [2.45, 2.75) is 30.1 Å². The molecule has 4 heteroatoms. The molecule has 1 rings (SSSR count). The predicted octanol–water partition coefficient (Wildman–Crippen LogP) is 4.09. The molecule has 0 fully saturated rings. The Kier molecular flexibility index (Phi) is 7.12. The van der Waals surface area contributed by atoms with E-state index in [4.69, 9.17) is 19.5 Å². The van der Waals surface area contributed by atoms with Gasteiger partial charge in [-0.3, -0.25) is 0 Å². The third-order valence-corrected chi connectivity index (χ3v) is 6.63. The van der Waals surface area contributed by atoms with E-state index in [2.05, 4.69) is 23.6 Å². The van der Waals surface area contributed by atoms with Crippen LogP contribution < -0.4 is 4.74 Å². The van der Waals surface area contributed by atoms with E-state index < -0.39 is 12.3 Å². The van der Waals surface area contributed by atoms with Gasteiger partial charge in [-0.15, -0.1) is 0 Å². The molecule has 0 radical (unpaired) electrons. The zero-order chi connectivity index (χ0) is 13.4. The SMILES string of the molecule is CCOCCOc1ccc(C[CH2][Ge]([CH3])([CH3])[Cl])cc1. The molecule has 0 amide bonds. The van der Waals surface area contributed by atoms with Crippen molar-refractivity contribution in [3.63, 3.8) is 0 Å². The van der Waals surface area contributed by atoms with E-state index in [-0.39, 0.29) is 0 Å². The van der Waals surface area contributed by atoms with E-state index in [1.165, 1.54) is 5.56 Å². The second-order valence-electron chi connectivity index (χ2n) is 4.91. The van der Waals surface area contributed by atoms with E-state index in [9.17, 15) is 0 Å². The second-order valence-corrected chi connectivity index (χ2v) is 18.5. The van der Waals surface area contributed by atoms with Gasteiger partial charge in [0.25, 0.3) is 0 Å². The minimum atomic E-state index is -1.92. The Balaban J connectivity index is 2.33. The van der Waals surface area contributed by atoms with E-state index in [1.807, 2.05) is 19.1 Å². The van der Waals surface area contributed by atoms with Gasteiger partial charge < -0.3 is 0 Å². The molecule has 18 heavy (non-hydrogen) atoms. The molecule has 0 atom stereocenters. The van der Waals surface area contributed by atoms with Crippen LogP contribution in [0.25, 0.3) is 0 Å². The van der Waals surface area contributed by atoms with Crippen LogP contribution in [0.1, 0.15) is 12.5 Å². The van der Waals surface area contributed by atoms with Crippen molar-refractivity contribution in [2.24, 2.45) is 0 Å². The molecule has 102 valence electrons. The number of hydrogen-bond donors (Lipinski definition) is 0. The topological polar surface area (TPSA) is 18.5 Å². The number of aryl methyl sites for hydroxylation is 1. The third kappa shape index (κ3) is 7.29. The van der Waals surface area contributed by atoms with E-state index in [0.717, 1.165) is 24.0 Å². The average Bonchev–Trinajstić information content (AvgIpc) is 2.33. The molecule has 0 N–H and O–H groups in total. The number of halogens is 1. The molecule has 0 aromatic heterocycles. The van der Waals surface area contributed by atoms with Gasteiger partial charge in [0.15, 0.2) is 0 Å².